The Morgan fingerprint density at radius 1 is 1.50 bits per heavy atom. The van der Waals surface area contributed by atoms with E-state index >= 15 is 0 Å². The van der Waals surface area contributed by atoms with Crippen LogP contribution in [0.1, 0.15) is 26.7 Å². The van der Waals surface area contributed by atoms with Crippen molar-refractivity contribution in [2.75, 3.05) is 6.54 Å². The summed E-state index contributed by atoms with van der Waals surface area (Å²) in [6.45, 7) is 10.4. The van der Waals surface area contributed by atoms with Gasteiger partial charge in [-0.25, -0.2) is 4.98 Å². The molecule has 0 aromatic carbocycles. The number of nitrogens with one attached hydrogen (secondary N) is 1. The Morgan fingerprint density at radius 3 is 2.94 bits per heavy atom. The van der Waals surface area contributed by atoms with Crippen LogP contribution in [0.25, 0.3) is 0 Å². The predicted molar refractivity (Wildman–Crippen MR) is 68.3 cm³/mol. The van der Waals surface area contributed by atoms with Crippen LogP contribution in [-0.4, -0.2) is 22.1 Å². The van der Waals surface area contributed by atoms with Crippen molar-refractivity contribution < 1.29 is 0 Å². The third kappa shape index (κ3) is 4.62. The van der Waals surface area contributed by atoms with Crippen LogP contribution in [0.2, 0.25) is 0 Å². The summed E-state index contributed by atoms with van der Waals surface area (Å²) < 4.78 is 2.11. The van der Waals surface area contributed by atoms with Crippen molar-refractivity contribution in [2.24, 2.45) is 5.92 Å². The van der Waals surface area contributed by atoms with Gasteiger partial charge in [-0.2, -0.15) is 0 Å². The minimum Gasteiger partial charge on any atom is -0.337 e. The number of aromatic nitrogens is 2. The molecule has 2 unspecified atom stereocenters. The van der Waals surface area contributed by atoms with Gasteiger partial charge in [0.1, 0.15) is 0 Å². The summed E-state index contributed by atoms with van der Waals surface area (Å²) in [5, 5.41) is 3.55. The second kappa shape index (κ2) is 7.23. The molecule has 0 fully saturated rings. The molecular formula is C13H23N3. The molecule has 0 radical (unpaired) electrons. The number of allylic oxidation sites excluding steroid dienone is 1. The molecule has 0 aliphatic heterocycles. The Balaban J connectivity index is 2.08. The summed E-state index contributed by atoms with van der Waals surface area (Å²) >= 11 is 0. The van der Waals surface area contributed by atoms with Crippen molar-refractivity contribution in [1.82, 2.24) is 14.9 Å². The monoisotopic (exact) mass is 221 g/mol. The first-order valence-electron chi connectivity index (χ1n) is 6.04. The molecule has 1 heterocycles. The molecule has 1 aromatic heterocycles. The van der Waals surface area contributed by atoms with Gasteiger partial charge in [0.15, 0.2) is 0 Å². The SMILES string of the molecule is C=CCC(C)C(C)NCCCn1ccnc1. The van der Waals surface area contributed by atoms with Gasteiger partial charge in [-0.05, 0) is 32.2 Å². The van der Waals surface area contributed by atoms with Crippen molar-refractivity contribution in [1.29, 1.82) is 0 Å². The molecule has 3 nitrogen and oxygen atoms in total. The molecule has 0 spiro atoms. The zero-order valence-corrected chi connectivity index (χ0v) is 10.4. The highest BCUT2D eigenvalue weighted by Gasteiger charge is 2.08. The second-order valence-corrected chi connectivity index (χ2v) is 4.40. The maximum absolute atomic E-state index is 4.02. The molecule has 1 rings (SSSR count). The standard InChI is InChI=1S/C13H23N3/c1-4-6-12(2)13(3)15-7-5-9-16-10-8-14-11-16/h4,8,10-13,15H,1,5-7,9H2,2-3H3. The molecule has 0 bridgehead atoms. The van der Waals surface area contributed by atoms with Crippen LogP contribution < -0.4 is 5.32 Å². The fourth-order valence-electron chi connectivity index (χ4n) is 1.68. The number of hydrogen-bond acceptors (Lipinski definition) is 2. The van der Waals surface area contributed by atoms with E-state index in [1.807, 2.05) is 24.8 Å². The molecule has 3 heteroatoms. The van der Waals surface area contributed by atoms with Crippen molar-refractivity contribution in [2.45, 2.75) is 39.3 Å². The molecule has 0 aliphatic rings. The maximum atomic E-state index is 4.02. The maximum Gasteiger partial charge on any atom is 0.0945 e. The highest BCUT2D eigenvalue weighted by Crippen LogP contribution is 2.07. The van der Waals surface area contributed by atoms with Gasteiger partial charge in [0.25, 0.3) is 0 Å². The Labute approximate surface area is 98.6 Å². The third-order valence-electron chi connectivity index (χ3n) is 3.01. The molecule has 0 amide bonds. The van der Waals surface area contributed by atoms with Crippen LogP contribution >= 0.6 is 0 Å². The average Bonchev–Trinajstić information content (AvgIpc) is 2.77. The van der Waals surface area contributed by atoms with E-state index < -0.39 is 0 Å². The van der Waals surface area contributed by atoms with Crippen LogP contribution in [0.3, 0.4) is 0 Å². The van der Waals surface area contributed by atoms with E-state index in [9.17, 15) is 0 Å². The molecule has 1 aromatic rings. The van der Waals surface area contributed by atoms with E-state index in [2.05, 4.69) is 35.3 Å². The van der Waals surface area contributed by atoms with E-state index in [0.29, 0.717) is 12.0 Å². The fraction of sp³-hybridized carbons (Fsp3) is 0.615. The average molecular weight is 221 g/mol. The lowest BCUT2D eigenvalue weighted by atomic mass is 10.00. The largest absolute Gasteiger partial charge is 0.337 e. The minimum atomic E-state index is 0.556. The highest BCUT2D eigenvalue weighted by molar-refractivity contribution is 4.77. The van der Waals surface area contributed by atoms with Crippen molar-refractivity contribution in [3.05, 3.63) is 31.4 Å². The van der Waals surface area contributed by atoms with Gasteiger partial charge in [-0.15, -0.1) is 6.58 Å². The second-order valence-electron chi connectivity index (χ2n) is 4.40. The fourth-order valence-corrected chi connectivity index (χ4v) is 1.68. The van der Waals surface area contributed by atoms with Crippen LogP contribution in [0.15, 0.2) is 31.4 Å². The topological polar surface area (TPSA) is 29.9 Å². The van der Waals surface area contributed by atoms with Gasteiger partial charge in [0, 0.05) is 25.0 Å². The van der Waals surface area contributed by atoms with Crippen molar-refractivity contribution in [3.63, 3.8) is 0 Å². The Kier molecular flexibility index (Phi) is 5.86. The van der Waals surface area contributed by atoms with Crippen molar-refractivity contribution >= 4 is 0 Å². The number of nitrogens with zero attached hydrogens (tertiary/aromatic N) is 2. The van der Waals surface area contributed by atoms with Crippen LogP contribution in [0, 0.1) is 5.92 Å². The number of imidazole rings is 1. The number of hydrogen-bond donors (Lipinski definition) is 1. The first kappa shape index (κ1) is 13.0. The van der Waals surface area contributed by atoms with Gasteiger partial charge in [-0.1, -0.05) is 13.0 Å². The number of rotatable bonds is 8. The third-order valence-corrected chi connectivity index (χ3v) is 3.01. The first-order valence-corrected chi connectivity index (χ1v) is 6.04. The summed E-state index contributed by atoms with van der Waals surface area (Å²) in [4.78, 5) is 4.02. The van der Waals surface area contributed by atoms with E-state index in [4.69, 9.17) is 0 Å². The predicted octanol–water partition coefficient (Wildman–Crippen LogP) is 2.46. The van der Waals surface area contributed by atoms with Gasteiger partial charge in [0.05, 0.1) is 6.33 Å². The van der Waals surface area contributed by atoms with Gasteiger partial charge < -0.3 is 9.88 Å². The van der Waals surface area contributed by atoms with Crippen molar-refractivity contribution in [3.8, 4) is 0 Å². The summed E-state index contributed by atoms with van der Waals surface area (Å²) in [6.07, 6.45) is 9.90. The smallest absolute Gasteiger partial charge is 0.0945 e. The summed E-state index contributed by atoms with van der Waals surface area (Å²) in [6, 6.07) is 0.556. The molecule has 2 atom stereocenters. The van der Waals surface area contributed by atoms with Crippen LogP contribution in [0.4, 0.5) is 0 Å². The summed E-state index contributed by atoms with van der Waals surface area (Å²) in [5.41, 5.74) is 0. The highest BCUT2D eigenvalue weighted by atomic mass is 15.0. The van der Waals surface area contributed by atoms with E-state index in [0.717, 1.165) is 25.9 Å². The summed E-state index contributed by atoms with van der Waals surface area (Å²) in [7, 11) is 0. The lowest BCUT2D eigenvalue weighted by Gasteiger charge is -2.20. The number of aryl methyl sites for hydroxylation is 1. The normalized spacial score (nSPS) is 14.6. The van der Waals surface area contributed by atoms with E-state index in [1.165, 1.54) is 0 Å². The Hall–Kier alpha value is -1.09. The van der Waals surface area contributed by atoms with E-state index in [-0.39, 0.29) is 0 Å². The van der Waals surface area contributed by atoms with E-state index in [1.54, 1.807) is 0 Å². The van der Waals surface area contributed by atoms with Gasteiger partial charge in [-0.3, -0.25) is 0 Å². The van der Waals surface area contributed by atoms with Gasteiger partial charge >= 0.3 is 0 Å². The Morgan fingerprint density at radius 2 is 2.31 bits per heavy atom. The molecule has 0 aliphatic carbocycles. The quantitative estimate of drug-likeness (QED) is 0.540. The molecule has 0 saturated heterocycles. The lowest BCUT2D eigenvalue weighted by molar-refractivity contribution is 0.396. The molecule has 0 saturated carbocycles. The zero-order chi connectivity index (χ0) is 11.8. The first-order chi connectivity index (χ1) is 7.74. The van der Waals surface area contributed by atoms with Crippen LogP contribution in [0.5, 0.6) is 0 Å². The molecule has 90 valence electrons. The molecule has 16 heavy (non-hydrogen) atoms. The van der Waals surface area contributed by atoms with Crippen LogP contribution in [-0.2, 0) is 6.54 Å². The summed E-state index contributed by atoms with van der Waals surface area (Å²) in [5.74, 6) is 0.658. The Bertz CT molecular complexity index is 279. The molecule has 1 N–H and O–H groups in total. The lowest BCUT2D eigenvalue weighted by Crippen LogP contribution is -2.33. The zero-order valence-electron chi connectivity index (χ0n) is 10.4. The van der Waals surface area contributed by atoms with Gasteiger partial charge in [0.2, 0.25) is 0 Å². The minimum absolute atomic E-state index is 0.556. The molecular weight excluding hydrogens is 198 g/mol.